The Labute approximate surface area is 167 Å². The number of amides is 1. The normalized spacial score (nSPS) is 15.1. The number of pyridine rings is 1. The molecular weight excluding hydrogens is 411 g/mol. The van der Waals surface area contributed by atoms with Crippen molar-refractivity contribution in [3.63, 3.8) is 0 Å². The molecule has 1 amide bonds. The molecule has 0 aliphatic carbocycles. The predicted molar refractivity (Wildman–Crippen MR) is 105 cm³/mol. The minimum absolute atomic E-state index is 0.0202. The Morgan fingerprint density at radius 3 is 2.30 bits per heavy atom. The van der Waals surface area contributed by atoms with Gasteiger partial charge in [-0.15, -0.1) is 0 Å². The molecule has 7 nitrogen and oxygen atoms in total. The molecule has 1 aliphatic rings. The van der Waals surface area contributed by atoms with Gasteiger partial charge in [0.1, 0.15) is 5.82 Å². The van der Waals surface area contributed by atoms with E-state index in [0.717, 1.165) is 5.56 Å². The topological polar surface area (TPSA) is 96.6 Å². The van der Waals surface area contributed by atoms with Crippen molar-refractivity contribution in [1.82, 2.24) is 9.88 Å². The summed E-state index contributed by atoms with van der Waals surface area (Å²) in [6.45, 7) is 2.33. The van der Waals surface area contributed by atoms with E-state index in [9.17, 15) is 13.2 Å². The number of hydrogen-bond acceptors (Lipinski definition) is 5. The first-order valence-electron chi connectivity index (χ1n) is 8.19. The second-order valence-corrected chi connectivity index (χ2v) is 8.60. The Kier molecular flexibility index (Phi) is 5.90. The number of aromatic nitrogens is 1. The number of halogens is 2. The van der Waals surface area contributed by atoms with Gasteiger partial charge in [-0.1, -0.05) is 35.3 Å². The smallest absolute Gasteiger partial charge is 0.238 e. The fourth-order valence-electron chi connectivity index (χ4n) is 2.89. The zero-order valence-corrected chi connectivity index (χ0v) is 16.6. The maximum atomic E-state index is 12.5. The number of hydrogen-bond donors (Lipinski definition) is 1. The molecule has 1 fully saturated rings. The standard InChI is InChI=1S/C17H18Cl2N4O3S/c18-13-10-15(19)17(21-11-13)23-7-5-22(6-8-23)16(24)9-12-1-3-14(4-2-12)27(20,25)26/h1-4,10-11H,5-9H2,(H2,20,25,26). The lowest BCUT2D eigenvalue weighted by molar-refractivity contribution is -0.130. The molecule has 0 bridgehead atoms. The maximum absolute atomic E-state index is 12.5. The Hall–Kier alpha value is -1.87. The van der Waals surface area contributed by atoms with E-state index in [1.54, 1.807) is 29.3 Å². The molecule has 0 atom stereocenters. The summed E-state index contributed by atoms with van der Waals surface area (Å²) < 4.78 is 22.6. The van der Waals surface area contributed by atoms with E-state index in [4.69, 9.17) is 28.3 Å². The lowest BCUT2D eigenvalue weighted by Crippen LogP contribution is -2.49. The highest BCUT2D eigenvalue weighted by atomic mass is 35.5. The van der Waals surface area contributed by atoms with Crippen LogP contribution in [0.25, 0.3) is 0 Å². The molecule has 1 aromatic heterocycles. The van der Waals surface area contributed by atoms with Crippen LogP contribution in [0.2, 0.25) is 10.0 Å². The first-order valence-corrected chi connectivity index (χ1v) is 10.5. The van der Waals surface area contributed by atoms with E-state index in [1.807, 2.05) is 4.90 Å². The Morgan fingerprint density at radius 2 is 1.74 bits per heavy atom. The van der Waals surface area contributed by atoms with Crippen molar-refractivity contribution in [1.29, 1.82) is 0 Å². The molecule has 0 radical (unpaired) electrons. The molecule has 10 heteroatoms. The monoisotopic (exact) mass is 428 g/mol. The molecule has 144 valence electrons. The van der Waals surface area contributed by atoms with Gasteiger partial charge in [0.2, 0.25) is 15.9 Å². The van der Waals surface area contributed by atoms with Crippen LogP contribution in [-0.4, -0.2) is 50.4 Å². The van der Waals surface area contributed by atoms with E-state index < -0.39 is 10.0 Å². The summed E-state index contributed by atoms with van der Waals surface area (Å²) in [5.41, 5.74) is 0.734. The molecular formula is C17H18Cl2N4O3S. The highest BCUT2D eigenvalue weighted by Crippen LogP contribution is 2.26. The lowest BCUT2D eigenvalue weighted by Gasteiger charge is -2.35. The van der Waals surface area contributed by atoms with Crippen LogP contribution in [0, 0.1) is 0 Å². The van der Waals surface area contributed by atoms with Crippen LogP contribution >= 0.6 is 23.2 Å². The van der Waals surface area contributed by atoms with E-state index in [0.29, 0.717) is 42.0 Å². The Bertz CT molecular complexity index is 943. The minimum Gasteiger partial charge on any atom is -0.352 e. The van der Waals surface area contributed by atoms with Gasteiger partial charge in [0.05, 0.1) is 21.4 Å². The van der Waals surface area contributed by atoms with Gasteiger partial charge in [-0.2, -0.15) is 0 Å². The van der Waals surface area contributed by atoms with E-state index in [-0.39, 0.29) is 17.2 Å². The zero-order chi connectivity index (χ0) is 19.6. The van der Waals surface area contributed by atoms with Crippen LogP contribution < -0.4 is 10.0 Å². The molecule has 0 unspecified atom stereocenters. The van der Waals surface area contributed by atoms with Crippen molar-refractivity contribution in [3.05, 3.63) is 52.1 Å². The molecule has 1 aliphatic heterocycles. The van der Waals surface area contributed by atoms with Gasteiger partial charge in [-0.25, -0.2) is 18.5 Å². The van der Waals surface area contributed by atoms with Gasteiger partial charge in [-0.3, -0.25) is 4.79 Å². The third-order valence-corrected chi connectivity index (χ3v) is 5.74. The van der Waals surface area contributed by atoms with Crippen LogP contribution in [0.1, 0.15) is 5.56 Å². The van der Waals surface area contributed by atoms with E-state index in [2.05, 4.69) is 4.98 Å². The van der Waals surface area contributed by atoms with Gasteiger partial charge >= 0.3 is 0 Å². The minimum atomic E-state index is -3.73. The van der Waals surface area contributed by atoms with Crippen LogP contribution in [0.4, 0.5) is 5.82 Å². The number of anilines is 1. The molecule has 0 spiro atoms. The molecule has 3 rings (SSSR count). The lowest BCUT2D eigenvalue weighted by atomic mass is 10.1. The third-order valence-electron chi connectivity index (χ3n) is 4.33. The van der Waals surface area contributed by atoms with Gasteiger partial charge in [0.25, 0.3) is 0 Å². The molecule has 2 aromatic rings. The van der Waals surface area contributed by atoms with Gasteiger partial charge in [0.15, 0.2) is 0 Å². The second-order valence-electron chi connectivity index (χ2n) is 6.19. The van der Waals surface area contributed by atoms with Crippen molar-refractivity contribution in [2.75, 3.05) is 31.1 Å². The first-order chi connectivity index (χ1) is 12.7. The Balaban J connectivity index is 1.58. The number of benzene rings is 1. The van der Waals surface area contributed by atoms with Crippen molar-refractivity contribution < 1.29 is 13.2 Å². The SMILES string of the molecule is NS(=O)(=O)c1ccc(CC(=O)N2CCN(c3ncc(Cl)cc3Cl)CC2)cc1. The first kappa shape index (κ1) is 19.9. The molecule has 27 heavy (non-hydrogen) atoms. The summed E-state index contributed by atoms with van der Waals surface area (Å²) in [6, 6.07) is 7.67. The van der Waals surface area contributed by atoms with Crippen molar-refractivity contribution in [2.24, 2.45) is 5.14 Å². The number of rotatable bonds is 4. The number of carbonyl (C=O) groups excluding carboxylic acids is 1. The third kappa shape index (κ3) is 4.90. The van der Waals surface area contributed by atoms with Gasteiger partial charge in [0, 0.05) is 32.4 Å². The summed E-state index contributed by atoms with van der Waals surface area (Å²) in [5, 5.41) is 6.04. The average molecular weight is 429 g/mol. The second kappa shape index (κ2) is 8.02. The fraction of sp³-hybridized carbons (Fsp3) is 0.294. The summed E-state index contributed by atoms with van der Waals surface area (Å²) in [4.78, 5) is 20.6. The van der Waals surface area contributed by atoms with Crippen LogP contribution in [0.5, 0.6) is 0 Å². The summed E-state index contributed by atoms with van der Waals surface area (Å²) in [7, 11) is -3.73. The fourth-order valence-corrected chi connectivity index (χ4v) is 3.91. The Morgan fingerprint density at radius 1 is 1.11 bits per heavy atom. The van der Waals surface area contributed by atoms with Crippen LogP contribution in [0.3, 0.4) is 0 Å². The summed E-state index contributed by atoms with van der Waals surface area (Å²) in [6.07, 6.45) is 1.75. The largest absolute Gasteiger partial charge is 0.352 e. The molecule has 1 aromatic carbocycles. The van der Waals surface area contributed by atoms with Crippen molar-refractivity contribution >= 4 is 45.0 Å². The molecule has 2 heterocycles. The number of carbonyl (C=O) groups is 1. The number of nitrogens with two attached hydrogens (primary N) is 1. The highest BCUT2D eigenvalue weighted by molar-refractivity contribution is 7.89. The number of nitrogens with zero attached hydrogens (tertiary/aromatic N) is 3. The average Bonchev–Trinajstić information content (AvgIpc) is 2.61. The van der Waals surface area contributed by atoms with Crippen molar-refractivity contribution in [3.8, 4) is 0 Å². The highest BCUT2D eigenvalue weighted by Gasteiger charge is 2.23. The van der Waals surface area contributed by atoms with Crippen molar-refractivity contribution in [2.45, 2.75) is 11.3 Å². The molecule has 2 N–H and O–H groups in total. The maximum Gasteiger partial charge on any atom is 0.238 e. The number of piperazine rings is 1. The molecule has 0 saturated carbocycles. The number of primary sulfonamides is 1. The summed E-state index contributed by atoms with van der Waals surface area (Å²) in [5.74, 6) is 0.639. The quantitative estimate of drug-likeness (QED) is 0.801. The van der Waals surface area contributed by atoms with Crippen LogP contribution in [-0.2, 0) is 21.2 Å². The van der Waals surface area contributed by atoms with Gasteiger partial charge < -0.3 is 9.80 Å². The van der Waals surface area contributed by atoms with E-state index >= 15 is 0 Å². The predicted octanol–water partition coefficient (Wildman–Crippen LogP) is 1.93. The zero-order valence-electron chi connectivity index (χ0n) is 14.3. The summed E-state index contributed by atoms with van der Waals surface area (Å²) >= 11 is 12.1. The van der Waals surface area contributed by atoms with Crippen LogP contribution in [0.15, 0.2) is 41.4 Å². The molecule has 1 saturated heterocycles. The van der Waals surface area contributed by atoms with Gasteiger partial charge in [-0.05, 0) is 23.8 Å². The number of sulfonamides is 1. The van der Waals surface area contributed by atoms with E-state index in [1.165, 1.54) is 12.1 Å².